The Kier molecular flexibility index (Phi) is 6.66. The van der Waals surface area contributed by atoms with Gasteiger partial charge >= 0.3 is 0 Å². The maximum absolute atomic E-state index is 13.3. The number of nitrogens with one attached hydrogen (secondary N) is 2. The number of carbonyl (C=O) groups excluding carboxylic acids is 2. The number of rotatable bonds is 7. The molecule has 0 fully saturated rings. The highest BCUT2D eigenvalue weighted by molar-refractivity contribution is 7.14. The van der Waals surface area contributed by atoms with Gasteiger partial charge in [0.25, 0.3) is 0 Å². The first-order chi connectivity index (χ1) is 13.9. The van der Waals surface area contributed by atoms with Crippen LogP contribution in [0.5, 0.6) is 0 Å². The van der Waals surface area contributed by atoms with Crippen molar-refractivity contribution in [2.75, 3.05) is 5.32 Å². The molecule has 1 unspecified atom stereocenters. The summed E-state index contributed by atoms with van der Waals surface area (Å²) in [5, 5.41) is 7.56. The first-order valence-corrected chi connectivity index (χ1v) is 9.88. The van der Waals surface area contributed by atoms with Crippen molar-refractivity contribution in [3.05, 3.63) is 71.1 Å². The Hall–Kier alpha value is -3.13. The summed E-state index contributed by atoms with van der Waals surface area (Å²) in [5.74, 6) is -2.41. The molecule has 0 saturated heterocycles. The van der Waals surface area contributed by atoms with Gasteiger partial charge < -0.3 is 10.6 Å². The summed E-state index contributed by atoms with van der Waals surface area (Å²) in [6.07, 6.45) is 0.125. The lowest BCUT2D eigenvalue weighted by molar-refractivity contribution is -0.126. The summed E-state index contributed by atoms with van der Waals surface area (Å²) in [5.41, 5.74) is 1.88. The van der Waals surface area contributed by atoms with E-state index in [1.165, 1.54) is 11.3 Å². The van der Waals surface area contributed by atoms with Crippen molar-refractivity contribution in [3.63, 3.8) is 0 Å². The van der Waals surface area contributed by atoms with E-state index in [4.69, 9.17) is 0 Å². The van der Waals surface area contributed by atoms with Crippen LogP contribution in [0.4, 0.5) is 13.9 Å². The first-order valence-electron chi connectivity index (χ1n) is 9.00. The largest absolute Gasteiger partial charge is 0.344 e. The van der Waals surface area contributed by atoms with Gasteiger partial charge in [-0.25, -0.2) is 13.8 Å². The lowest BCUT2D eigenvalue weighted by Crippen LogP contribution is -2.44. The Morgan fingerprint density at radius 1 is 1.10 bits per heavy atom. The maximum atomic E-state index is 13.3. The Morgan fingerprint density at radius 2 is 1.79 bits per heavy atom. The molecular formula is C21H19F2N3O2S. The van der Waals surface area contributed by atoms with Gasteiger partial charge in [0.1, 0.15) is 17.7 Å². The van der Waals surface area contributed by atoms with Gasteiger partial charge in [-0.3, -0.25) is 9.59 Å². The molecule has 0 aliphatic carbocycles. The number of hydrogen-bond donors (Lipinski definition) is 2. The molecule has 1 heterocycles. The topological polar surface area (TPSA) is 71.1 Å². The quantitative estimate of drug-likeness (QED) is 0.609. The minimum absolute atomic E-state index is 0.197. The number of benzene rings is 2. The van der Waals surface area contributed by atoms with Crippen LogP contribution in [-0.2, 0) is 16.0 Å². The summed E-state index contributed by atoms with van der Waals surface area (Å²) >= 11 is 1.29. The summed E-state index contributed by atoms with van der Waals surface area (Å²) in [7, 11) is 0. The molecule has 0 aliphatic heterocycles. The van der Waals surface area contributed by atoms with Crippen LogP contribution in [0.15, 0.2) is 53.9 Å². The molecule has 0 spiro atoms. The number of nitrogens with zero attached hydrogens (tertiary/aromatic N) is 1. The van der Waals surface area contributed by atoms with Crippen molar-refractivity contribution in [2.24, 2.45) is 0 Å². The Morgan fingerprint density at radius 3 is 2.45 bits per heavy atom. The molecule has 0 aliphatic rings. The second kappa shape index (κ2) is 9.38. The average molecular weight is 415 g/mol. The second-order valence-corrected chi connectivity index (χ2v) is 7.23. The Labute approximate surface area is 170 Å². The third-order valence-electron chi connectivity index (χ3n) is 4.15. The van der Waals surface area contributed by atoms with Crippen LogP contribution in [0.25, 0.3) is 11.3 Å². The molecule has 0 bridgehead atoms. The zero-order chi connectivity index (χ0) is 20.8. The molecule has 1 aromatic heterocycles. The molecule has 8 heteroatoms. The first kappa shape index (κ1) is 20.6. The van der Waals surface area contributed by atoms with Gasteiger partial charge in [-0.05, 0) is 24.1 Å². The van der Waals surface area contributed by atoms with Crippen molar-refractivity contribution < 1.29 is 18.4 Å². The highest BCUT2D eigenvalue weighted by Crippen LogP contribution is 2.24. The fourth-order valence-electron chi connectivity index (χ4n) is 2.76. The molecule has 0 radical (unpaired) electrons. The van der Waals surface area contributed by atoms with E-state index in [1.807, 2.05) is 35.7 Å². The number of aromatic nitrogens is 1. The molecule has 1 atom stereocenters. The minimum Gasteiger partial charge on any atom is -0.344 e. The van der Waals surface area contributed by atoms with E-state index in [-0.39, 0.29) is 12.0 Å². The molecule has 0 saturated carbocycles. The molecule has 3 rings (SSSR count). The van der Waals surface area contributed by atoms with Gasteiger partial charge in [-0.15, -0.1) is 11.3 Å². The molecule has 2 N–H and O–H groups in total. The highest BCUT2D eigenvalue weighted by Gasteiger charge is 2.20. The number of amides is 2. The van der Waals surface area contributed by atoms with E-state index in [1.54, 1.807) is 6.92 Å². The summed E-state index contributed by atoms with van der Waals surface area (Å²) < 4.78 is 26.5. The highest BCUT2D eigenvalue weighted by atomic mass is 32.1. The third-order valence-corrected chi connectivity index (χ3v) is 4.91. The van der Waals surface area contributed by atoms with E-state index in [0.29, 0.717) is 11.6 Å². The normalized spacial score (nSPS) is 11.7. The molecule has 150 valence electrons. The van der Waals surface area contributed by atoms with E-state index in [2.05, 4.69) is 15.6 Å². The van der Waals surface area contributed by atoms with Crippen LogP contribution >= 0.6 is 11.3 Å². The molecular weight excluding hydrogens is 396 g/mol. The monoisotopic (exact) mass is 415 g/mol. The van der Waals surface area contributed by atoms with Crippen LogP contribution in [0.1, 0.15) is 18.9 Å². The van der Waals surface area contributed by atoms with Crippen molar-refractivity contribution in [3.8, 4) is 11.3 Å². The summed E-state index contributed by atoms with van der Waals surface area (Å²) in [6, 6.07) is 11.7. The lowest BCUT2D eigenvalue weighted by Gasteiger charge is -2.16. The summed E-state index contributed by atoms with van der Waals surface area (Å²) in [6.45, 7) is 1.75. The van der Waals surface area contributed by atoms with Gasteiger partial charge in [0.05, 0.1) is 12.1 Å². The van der Waals surface area contributed by atoms with Crippen LogP contribution in [0, 0.1) is 11.6 Å². The standard InChI is InChI=1S/C21H19F2N3O2S/c1-2-17(24-19(27)10-13-8-15(22)11-16(23)9-13)20(28)26-21-25-18(12-29-21)14-6-4-3-5-7-14/h3-9,11-12,17H,2,10H2,1H3,(H,24,27)(H,25,26,28). The Bertz CT molecular complexity index is 988. The van der Waals surface area contributed by atoms with Crippen molar-refractivity contribution >= 4 is 28.3 Å². The zero-order valence-corrected chi connectivity index (χ0v) is 16.4. The van der Waals surface area contributed by atoms with Crippen LogP contribution in [0.2, 0.25) is 0 Å². The predicted octanol–water partition coefficient (Wildman–Crippen LogP) is 4.16. The second-order valence-electron chi connectivity index (χ2n) is 6.38. The summed E-state index contributed by atoms with van der Waals surface area (Å²) in [4.78, 5) is 29.1. The van der Waals surface area contributed by atoms with Crippen LogP contribution < -0.4 is 10.6 Å². The van der Waals surface area contributed by atoms with Crippen molar-refractivity contribution in [2.45, 2.75) is 25.8 Å². The minimum atomic E-state index is -0.787. The fourth-order valence-corrected chi connectivity index (χ4v) is 3.48. The zero-order valence-electron chi connectivity index (χ0n) is 15.6. The van der Waals surface area contributed by atoms with Crippen LogP contribution in [-0.4, -0.2) is 22.8 Å². The van der Waals surface area contributed by atoms with E-state index < -0.39 is 29.5 Å². The number of anilines is 1. The molecule has 3 aromatic rings. The molecule has 29 heavy (non-hydrogen) atoms. The van der Waals surface area contributed by atoms with E-state index in [0.717, 1.165) is 29.5 Å². The molecule has 2 amide bonds. The number of thiazole rings is 1. The van der Waals surface area contributed by atoms with E-state index >= 15 is 0 Å². The average Bonchev–Trinajstić information content (AvgIpc) is 3.14. The van der Waals surface area contributed by atoms with E-state index in [9.17, 15) is 18.4 Å². The Balaban J connectivity index is 1.60. The number of carbonyl (C=O) groups is 2. The third kappa shape index (κ3) is 5.68. The molecule has 5 nitrogen and oxygen atoms in total. The maximum Gasteiger partial charge on any atom is 0.248 e. The van der Waals surface area contributed by atoms with Gasteiger partial charge in [0.15, 0.2) is 5.13 Å². The molecule has 2 aromatic carbocycles. The smallest absolute Gasteiger partial charge is 0.248 e. The lowest BCUT2D eigenvalue weighted by atomic mass is 10.1. The SMILES string of the molecule is CCC(NC(=O)Cc1cc(F)cc(F)c1)C(=O)Nc1nc(-c2ccccc2)cs1. The predicted molar refractivity (Wildman–Crippen MR) is 108 cm³/mol. The van der Waals surface area contributed by atoms with Crippen molar-refractivity contribution in [1.29, 1.82) is 0 Å². The number of hydrogen-bond acceptors (Lipinski definition) is 4. The van der Waals surface area contributed by atoms with Gasteiger partial charge in [-0.2, -0.15) is 0 Å². The van der Waals surface area contributed by atoms with Gasteiger partial charge in [0, 0.05) is 17.0 Å². The van der Waals surface area contributed by atoms with Gasteiger partial charge in [0.2, 0.25) is 11.8 Å². The fraction of sp³-hybridized carbons (Fsp3) is 0.190. The van der Waals surface area contributed by atoms with Gasteiger partial charge in [-0.1, -0.05) is 37.3 Å². The van der Waals surface area contributed by atoms with Crippen LogP contribution in [0.3, 0.4) is 0 Å². The van der Waals surface area contributed by atoms with Crippen molar-refractivity contribution in [1.82, 2.24) is 10.3 Å². The number of halogens is 2.